The molecule has 4 aromatic carbocycles. The predicted octanol–water partition coefficient (Wildman–Crippen LogP) is 21.9. The number of ether oxygens (including phenoxy) is 4. The first-order valence-electron chi connectivity index (χ1n) is 34.9. The molecule has 0 bridgehead atoms. The average molecular weight is 1610 g/mol. The molecule has 6 aliphatic rings. The Hall–Kier alpha value is -6.35. The molecule has 4 aromatic rings. The van der Waals surface area contributed by atoms with Crippen LogP contribution < -0.4 is 9.80 Å². The number of fused-ring (bicyclic) bond motifs is 4. The van der Waals surface area contributed by atoms with E-state index >= 15 is 0 Å². The number of alkyl halides is 6. The van der Waals surface area contributed by atoms with Gasteiger partial charge in [0.1, 0.15) is 32.9 Å². The number of halogens is 14. The summed E-state index contributed by atoms with van der Waals surface area (Å²) in [5, 5.41) is 1.78. The normalized spacial score (nSPS) is 20.5. The van der Waals surface area contributed by atoms with Crippen LogP contribution in [0.3, 0.4) is 0 Å². The molecule has 107 heavy (non-hydrogen) atoms. The van der Waals surface area contributed by atoms with Gasteiger partial charge in [0.15, 0.2) is 24.5 Å². The Kier molecular flexibility index (Phi) is 27.7. The Morgan fingerprint density at radius 3 is 1.19 bits per heavy atom. The van der Waals surface area contributed by atoms with Crippen LogP contribution in [0.2, 0.25) is 0 Å². The Morgan fingerprint density at radius 1 is 0.486 bits per heavy atom. The molecular formula is C78H95Cl2F12N4O8PS2. The predicted molar refractivity (Wildman–Crippen MR) is 405 cm³/mol. The summed E-state index contributed by atoms with van der Waals surface area (Å²) in [6.45, 7) is 29.8. The van der Waals surface area contributed by atoms with Gasteiger partial charge in [0.2, 0.25) is 11.4 Å². The van der Waals surface area contributed by atoms with Crippen LogP contribution in [-0.4, -0.2) is 128 Å². The molecule has 12 nitrogen and oxygen atoms in total. The molecule has 4 aliphatic heterocycles. The summed E-state index contributed by atoms with van der Waals surface area (Å²) >= 11 is 14.3. The first-order valence-corrected chi connectivity index (χ1v) is 40.6. The van der Waals surface area contributed by atoms with Gasteiger partial charge in [-0.25, -0.2) is 0 Å². The minimum absolute atomic E-state index is 0.0969. The van der Waals surface area contributed by atoms with Gasteiger partial charge < -0.3 is 28.7 Å². The molecule has 0 N–H and O–H groups in total. The SMILES string of the molecule is CCOCCN1/C(=C/C=C2\CCCC(/C=C/C3=[N+](CCOCC)c4ccccc4C3(C)C)=C2Cl)C(C)(C)c2ccccc21.COCCN1/C(=C/C=C2\CCCC(/C=C/C3=[N+](CCOC)c4ccccc4C3(C)C)=C2Cl)C(C)(C)c2ccccc21.C[C-](S(=O)(=O)C(F)(F)F)S(=O)(=O)C(F)(F)F.F[P-](F)(F)(F)(F)F. The van der Waals surface area contributed by atoms with Gasteiger partial charge in [-0.1, -0.05) is 153 Å². The number of para-hydroxylation sites is 4. The first-order chi connectivity index (χ1) is 49.5. The number of hydrogen-bond acceptors (Lipinski definition) is 10. The average Bonchev–Trinajstić information content (AvgIpc) is 1.65. The second-order valence-electron chi connectivity index (χ2n) is 28.2. The Labute approximate surface area is 631 Å². The summed E-state index contributed by atoms with van der Waals surface area (Å²) in [6, 6.07) is 34.9. The van der Waals surface area contributed by atoms with Crippen molar-refractivity contribution < 1.29 is 96.5 Å². The Bertz CT molecular complexity index is 4440. The molecule has 0 fully saturated rings. The number of allylic oxidation sites excluding steroid dienone is 16. The number of hydrogen-bond donors (Lipinski definition) is 0. The van der Waals surface area contributed by atoms with Crippen molar-refractivity contribution in [3.05, 3.63) is 216 Å². The molecule has 10 rings (SSSR count). The fraction of sp³-hybridized carbons (Fsp3) is 0.449. The van der Waals surface area contributed by atoms with Crippen LogP contribution in [0.25, 0.3) is 0 Å². The Morgan fingerprint density at radius 2 is 0.822 bits per heavy atom. The monoisotopic (exact) mass is 1610 g/mol. The molecule has 0 aromatic heterocycles. The van der Waals surface area contributed by atoms with Crippen molar-refractivity contribution in [1.82, 2.24) is 0 Å². The number of sulfone groups is 2. The van der Waals surface area contributed by atoms with Crippen molar-refractivity contribution in [3.63, 3.8) is 0 Å². The van der Waals surface area contributed by atoms with Crippen molar-refractivity contribution >= 4 is 84.9 Å². The summed E-state index contributed by atoms with van der Waals surface area (Å²) in [7, 11) is -20.1. The van der Waals surface area contributed by atoms with E-state index in [0.29, 0.717) is 26.4 Å². The second kappa shape index (κ2) is 33.7. The summed E-state index contributed by atoms with van der Waals surface area (Å²) in [6.07, 6.45) is 24.4. The molecule has 0 saturated carbocycles. The van der Waals surface area contributed by atoms with Crippen LogP contribution in [0.1, 0.15) is 137 Å². The third-order valence-electron chi connectivity index (χ3n) is 19.6. The van der Waals surface area contributed by atoms with E-state index in [4.69, 9.17) is 42.1 Å². The van der Waals surface area contributed by atoms with Crippen LogP contribution in [-0.2, 0) is 60.3 Å². The molecule has 4 heterocycles. The van der Waals surface area contributed by atoms with E-state index in [-0.39, 0.29) is 28.6 Å². The van der Waals surface area contributed by atoms with Crippen molar-refractivity contribution in [2.75, 3.05) is 89.8 Å². The maximum atomic E-state index is 11.8. The third-order valence-corrected chi connectivity index (χ3v) is 24.6. The van der Waals surface area contributed by atoms with E-state index in [2.05, 4.69) is 234 Å². The van der Waals surface area contributed by atoms with E-state index in [9.17, 15) is 68.4 Å². The second-order valence-corrected chi connectivity index (χ2v) is 35.3. The fourth-order valence-corrected chi connectivity index (χ4v) is 17.1. The van der Waals surface area contributed by atoms with Gasteiger partial charge >= 0.3 is 44.0 Å². The van der Waals surface area contributed by atoms with E-state index in [1.54, 1.807) is 14.2 Å². The zero-order valence-electron chi connectivity index (χ0n) is 62.3. The molecule has 0 spiro atoms. The maximum absolute atomic E-state index is 11.8. The first kappa shape index (κ1) is 87.9. The number of anilines is 2. The number of nitrogens with zero attached hydrogens (tertiary/aromatic N) is 4. The molecule has 0 atom stereocenters. The van der Waals surface area contributed by atoms with Gasteiger partial charge in [0.05, 0.1) is 24.0 Å². The molecule has 590 valence electrons. The molecule has 0 amide bonds. The fourth-order valence-electron chi connectivity index (χ4n) is 14.1. The van der Waals surface area contributed by atoms with Crippen molar-refractivity contribution in [3.8, 4) is 0 Å². The number of benzene rings is 4. The van der Waals surface area contributed by atoms with Crippen LogP contribution in [0, 0.1) is 4.58 Å². The van der Waals surface area contributed by atoms with Crippen LogP contribution >= 0.6 is 31.0 Å². The van der Waals surface area contributed by atoms with Gasteiger partial charge in [0.25, 0.3) is 0 Å². The third kappa shape index (κ3) is 20.8. The van der Waals surface area contributed by atoms with Crippen molar-refractivity contribution in [1.29, 1.82) is 0 Å². The summed E-state index contributed by atoms with van der Waals surface area (Å²) in [5.74, 6) is 0. The quantitative estimate of drug-likeness (QED) is 0.0247. The minimum atomic E-state index is -10.7. The van der Waals surface area contributed by atoms with Gasteiger partial charge in [-0.05, 0) is 138 Å². The molecule has 2 aliphatic carbocycles. The summed E-state index contributed by atoms with van der Waals surface area (Å²) < 4.78 is 196. The zero-order valence-corrected chi connectivity index (χ0v) is 66.3. The van der Waals surface area contributed by atoms with Gasteiger partial charge in [-0.15, -0.1) is 0 Å². The topological polar surface area (TPSA) is 118 Å². The van der Waals surface area contributed by atoms with Gasteiger partial charge in [-0.3, -0.25) is 16.8 Å². The van der Waals surface area contributed by atoms with Crippen LogP contribution in [0.5, 0.6) is 0 Å². The van der Waals surface area contributed by atoms with Gasteiger partial charge in [0, 0.05) is 120 Å². The van der Waals surface area contributed by atoms with E-state index in [1.807, 2.05) is 0 Å². The van der Waals surface area contributed by atoms with E-state index in [0.717, 1.165) is 88.0 Å². The van der Waals surface area contributed by atoms with E-state index in [1.165, 1.54) is 90.1 Å². The summed E-state index contributed by atoms with van der Waals surface area (Å²) in [4.78, 5) is 4.83. The van der Waals surface area contributed by atoms with Crippen LogP contribution in [0.4, 0.5) is 74.3 Å². The number of methoxy groups -OCH3 is 2. The molecule has 29 heteroatoms. The number of rotatable bonds is 22. The molecule has 0 saturated heterocycles. The standard InChI is InChI=1S/C38H48ClN2O2.C36H44ClN2O2.C4H3F6O4S2.F6P/c1-7-42-26-24-40-32-18-11-9-16-30(32)37(3,4)34(40)22-20-28-14-13-15-29(36(28)39)21-23-35-38(5,6)31-17-10-12-19-33(31)41(35)25-27-43-8-2;1-35(2)28-14-7-9-16-30(28)38(22-24-40-5)32(35)20-18-26-12-11-13-27(34(26)37)19-21-33-36(3,4)29-15-8-10-17-31(29)39(33)23-25-41-6;1-2(15(11,12)3(5,6)7)16(13,14)4(8,9)10;1-7(2,3,4,5)6/h9-12,16-23H,7-8,13-15,24-27H2,1-6H3;7-10,14-21H,11-13,22-25H2,1-6H3;1H3;/q2*+1;2*-1. The molecular weight excluding hydrogens is 1510 g/mol. The molecule has 0 radical (unpaired) electrons. The zero-order chi connectivity index (χ0) is 79.8. The van der Waals surface area contributed by atoms with E-state index < -0.39 is 43.1 Å². The molecule has 0 unspecified atom stereocenters. The van der Waals surface area contributed by atoms with Gasteiger partial charge in [-0.2, -0.15) is 42.4 Å². The van der Waals surface area contributed by atoms with Crippen molar-refractivity contribution in [2.24, 2.45) is 0 Å². The van der Waals surface area contributed by atoms with Crippen molar-refractivity contribution in [2.45, 2.75) is 147 Å². The Balaban J connectivity index is 0.000000232. The summed E-state index contributed by atoms with van der Waals surface area (Å²) in [5.41, 5.74) is 7.89. The van der Waals surface area contributed by atoms with Crippen LogP contribution in [0.15, 0.2) is 189 Å².